The van der Waals surface area contributed by atoms with Gasteiger partial charge in [0, 0.05) is 10.6 Å². The van der Waals surface area contributed by atoms with Crippen LogP contribution in [0.5, 0.6) is 11.5 Å². The van der Waals surface area contributed by atoms with E-state index in [1.165, 1.54) is 0 Å². The first-order chi connectivity index (χ1) is 12.9. The molecule has 0 radical (unpaired) electrons. The Balaban J connectivity index is 1.85. The summed E-state index contributed by atoms with van der Waals surface area (Å²) in [6.45, 7) is 5.42. The molecule has 3 rings (SSSR count). The van der Waals surface area contributed by atoms with Crippen molar-refractivity contribution in [3.63, 3.8) is 0 Å². The number of allylic oxidation sites excluding steroid dienone is 1. The maximum atomic E-state index is 12.6. The van der Waals surface area contributed by atoms with Gasteiger partial charge in [0.25, 0.3) is 0 Å². The van der Waals surface area contributed by atoms with Crippen LogP contribution in [0.3, 0.4) is 0 Å². The van der Waals surface area contributed by atoms with Gasteiger partial charge in [0.15, 0.2) is 11.9 Å². The van der Waals surface area contributed by atoms with Gasteiger partial charge in [-0.25, -0.2) is 4.79 Å². The molecule has 140 valence electrons. The van der Waals surface area contributed by atoms with Crippen LogP contribution < -0.4 is 9.47 Å². The van der Waals surface area contributed by atoms with E-state index in [-0.39, 0.29) is 18.1 Å². The highest BCUT2D eigenvalue weighted by molar-refractivity contribution is 6.30. The van der Waals surface area contributed by atoms with Crippen molar-refractivity contribution in [2.75, 3.05) is 6.61 Å². The Labute approximate surface area is 162 Å². The molecule has 0 spiro atoms. The molecule has 1 aliphatic heterocycles. The van der Waals surface area contributed by atoms with Gasteiger partial charge in [-0.3, -0.25) is 4.79 Å². The first-order valence-electron chi connectivity index (χ1n) is 8.57. The molecule has 0 N–H and O–H groups in total. The molecule has 27 heavy (non-hydrogen) atoms. The Hall–Kier alpha value is -2.79. The number of hydrogen-bond donors (Lipinski definition) is 0. The topological polar surface area (TPSA) is 61.8 Å². The number of ketones is 1. The number of fused-ring (bicyclic) bond motifs is 1. The van der Waals surface area contributed by atoms with Crippen molar-refractivity contribution in [2.45, 2.75) is 26.9 Å². The molecule has 1 heterocycles. The van der Waals surface area contributed by atoms with Crippen molar-refractivity contribution in [1.82, 2.24) is 0 Å². The molecule has 0 bridgehead atoms. The highest BCUT2D eigenvalue weighted by Crippen LogP contribution is 2.39. The van der Waals surface area contributed by atoms with E-state index in [0.717, 1.165) is 5.56 Å². The van der Waals surface area contributed by atoms with Gasteiger partial charge in [-0.1, -0.05) is 23.7 Å². The third-order valence-corrected chi connectivity index (χ3v) is 4.38. The highest BCUT2D eigenvalue weighted by atomic mass is 35.5. The van der Waals surface area contributed by atoms with E-state index >= 15 is 0 Å². The van der Waals surface area contributed by atoms with Crippen molar-refractivity contribution in [3.05, 3.63) is 63.9 Å². The summed E-state index contributed by atoms with van der Waals surface area (Å²) < 4.78 is 16.4. The van der Waals surface area contributed by atoms with Crippen LogP contribution in [0.15, 0.2) is 42.2 Å². The van der Waals surface area contributed by atoms with Crippen molar-refractivity contribution < 1.29 is 23.8 Å². The number of halogens is 1. The lowest BCUT2D eigenvalue weighted by Crippen LogP contribution is -2.26. The predicted molar refractivity (Wildman–Crippen MR) is 102 cm³/mol. The summed E-state index contributed by atoms with van der Waals surface area (Å²) in [5.41, 5.74) is 1.92. The summed E-state index contributed by atoms with van der Waals surface area (Å²) in [4.78, 5) is 24.4. The average molecular weight is 387 g/mol. The van der Waals surface area contributed by atoms with Crippen molar-refractivity contribution >= 4 is 29.4 Å². The zero-order valence-corrected chi connectivity index (χ0v) is 16.0. The van der Waals surface area contributed by atoms with Crippen molar-refractivity contribution in [3.8, 4) is 11.5 Å². The maximum Gasteiger partial charge on any atom is 0.347 e. The second-order valence-corrected chi connectivity index (χ2v) is 6.51. The van der Waals surface area contributed by atoms with Crippen molar-refractivity contribution in [2.24, 2.45) is 0 Å². The Bertz CT molecular complexity index is 915. The van der Waals surface area contributed by atoms with E-state index < -0.39 is 12.1 Å². The number of benzene rings is 2. The van der Waals surface area contributed by atoms with Gasteiger partial charge in [0.1, 0.15) is 11.5 Å². The Kier molecular flexibility index (Phi) is 5.51. The molecule has 0 amide bonds. The third kappa shape index (κ3) is 3.98. The minimum atomic E-state index is -0.761. The van der Waals surface area contributed by atoms with Gasteiger partial charge in [-0.05, 0) is 56.7 Å². The number of carbonyl (C=O) groups excluding carboxylic acids is 2. The van der Waals surface area contributed by atoms with Gasteiger partial charge in [0.05, 0.1) is 12.2 Å². The first-order valence-corrected chi connectivity index (χ1v) is 8.95. The van der Waals surface area contributed by atoms with E-state index in [1.54, 1.807) is 63.2 Å². The van der Waals surface area contributed by atoms with E-state index in [0.29, 0.717) is 27.6 Å². The second-order valence-electron chi connectivity index (χ2n) is 6.07. The third-order valence-electron chi connectivity index (χ3n) is 4.13. The average Bonchev–Trinajstić information content (AvgIpc) is 2.96. The molecule has 1 aliphatic rings. The normalized spacial score (nSPS) is 15.3. The summed E-state index contributed by atoms with van der Waals surface area (Å²) >= 11 is 5.89. The smallest absolute Gasteiger partial charge is 0.347 e. The number of hydrogen-bond acceptors (Lipinski definition) is 5. The molecule has 2 aromatic rings. The molecule has 0 saturated heterocycles. The molecule has 1 atom stereocenters. The fourth-order valence-electron chi connectivity index (χ4n) is 2.70. The molecular weight excluding hydrogens is 368 g/mol. The zero-order valence-electron chi connectivity index (χ0n) is 15.2. The van der Waals surface area contributed by atoms with E-state index in [2.05, 4.69) is 0 Å². The summed E-state index contributed by atoms with van der Waals surface area (Å²) in [7, 11) is 0. The van der Waals surface area contributed by atoms with Crippen LogP contribution in [0.1, 0.15) is 35.3 Å². The van der Waals surface area contributed by atoms with Gasteiger partial charge in [0.2, 0.25) is 5.78 Å². The minimum Gasteiger partial charge on any atom is -0.479 e. The monoisotopic (exact) mass is 386 g/mol. The standard InChI is InChI=1S/C21H19ClO5/c1-4-25-21(24)13(3)26-17-10-9-16-19(23)18(27-20(16)12(17)2)11-14-5-7-15(22)8-6-14/h5-11,13H,4H2,1-3H3/b18-11-. The van der Waals surface area contributed by atoms with Crippen LogP contribution in [0.2, 0.25) is 5.02 Å². The zero-order chi connectivity index (χ0) is 19.6. The van der Waals surface area contributed by atoms with Crippen LogP contribution in [0.25, 0.3) is 6.08 Å². The van der Waals surface area contributed by atoms with Gasteiger partial charge < -0.3 is 14.2 Å². The summed E-state index contributed by atoms with van der Waals surface area (Å²) in [6, 6.07) is 10.4. The molecule has 0 aliphatic carbocycles. The molecule has 5 nitrogen and oxygen atoms in total. The Morgan fingerprint density at radius 3 is 2.59 bits per heavy atom. The summed E-state index contributed by atoms with van der Waals surface area (Å²) in [5, 5.41) is 0.618. The van der Waals surface area contributed by atoms with E-state index in [4.69, 9.17) is 25.8 Å². The molecule has 2 aromatic carbocycles. The maximum absolute atomic E-state index is 12.6. The number of ether oxygens (including phenoxy) is 3. The number of carbonyl (C=O) groups is 2. The van der Waals surface area contributed by atoms with E-state index in [9.17, 15) is 9.59 Å². The van der Waals surface area contributed by atoms with E-state index in [1.807, 2.05) is 0 Å². The first kappa shape index (κ1) is 19.0. The Morgan fingerprint density at radius 1 is 1.22 bits per heavy atom. The van der Waals surface area contributed by atoms with Crippen LogP contribution in [0.4, 0.5) is 0 Å². The molecular formula is C21H19ClO5. The SMILES string of the molecule is CCOC(=O)C(C)Oc1ccc2c(c1C)O/C(=C\c1ccc(Cl)cc1)C2=O. The minimum absolute atomic E-state index is 0.201. The highest BCUT2D eigenvalue weighted by Gasteiger charge is 2.30. The van der Waals surface area contributed by atoms with Crippen molar-refractivity contribution in [1.29, 1.82) is 0 Å². The summed E-state index contributed by atoms with van der Waals surface area (Å²) in [5.74, 6) is 0.486. The number of esters is 1. The molecule has 0 saturated carbocycles. The van der Waals surface area contributed by atoms with Gasteiger partial charge in [-0.15, -0.1) is 0 Å². The number of rotatable bonds is 5. The van der Waals surface area contributed by atoms with Crippen LogP contribution in [-0.2, 0) is 9.53 Å². The van der Waals surface area contributed by atoms with Gasteiger partial charge >= 0.3 is 5.97 Å². The number of Topliss-reactive ketones (excluding diaryl/α,β-unsaturated/α-hetero) is 1. The Morgan fingerprint density at radius 2 is 1.93 bits per heavy atom. The van der Waals surface area contributed by atoms with Crippen LogP contribution in [-0.4, -0.2) is 24.5 Å². The summed E-state index contributed by atoms with van der Waals surface area (Å²) in [6.07, 6.45) is 0.905. The molecule has 0 aromatic heterocycles. The predicted octanol–water partition coefficient (Wildman–Crippen LogP) is 4.60. The lowest BCUT2D eigenvalue weighted by atomic mass is 10.1. The van der Waals surface area contributed by atoms with Crippen LogP contribution >= 0.6 is 11.6 Å². The van der Waals surface area contributed by atoms with Gasteiger partial charge in [-0.2, -0.15) is 0 Å². The molecule has 6 heteroatoms. The fourth-order valence-corrected chi connectivity index (χ4v) is 2.83. The largest absolute Gasteiger partial charge is 0.479 e. The molecule has 0 fully saturated rings. The quantitative estimate of drug-likeness (QED) is 0.555. The molecule has 1 unspecified atom stereocenters. The second kappa shape index (κ2) is 7.84. The fraction of sp³-hybridized carbons (Fsp3) is 0.238. The lowest BCUT2D eigenvalue weighted by Gasteiger charge is -2.16. The van der Waals surface area contributed by atoms with Crippen LogP contribution in [0, 0.1) is 6.92 Å². The lowest BCUT2D eigenvalue weighted by molar-refractivity contribution is -0.150.